The highest BCUT2D eigenvalue weighted by molar-refractivity contribution is 9.10. The fourth-order valence-corrected chi connectivity index (χ4v) is 2.66. The molecular weight excluding hydrogens is 326 g/mol. The maximum atomic E-state index is 6.03. The number of aryl methyl sites for hydroxylation is 2. The molecule has 0 radical (unpaired) electrons. The second kappa shape index (κ2) is 6.55. The number of nitrogens with one attached hydrogen (secondary N) is 1. The molecule has 1 aromatic carbocycles. The predicted molar refractivity (Wildman–Crippen MR) is 82.5 cm³/mol. The molecule has 5 heteroatoms. The van der Waals surface area contributed by atoms with E-state index in [2.05, 4.69) is 44.5 Å². The molecule has 1 atom stereocenters. The highest BCUT2D eigenvalue weighted by Crippen LogP contribution is 2.27. The minimum absolute atomic E-state index is 0.309. The van der Waals surface area contributed by atoms with Gasteiger partial charge in [0.1, 0.15) is 0 Å². The van der Waals surface area contributed by atoms with E-state index in [4.69, 9.17) is 11.6 Å². The topological polar surface area (TPSA) is 29.9 Å². The molecule has 0 bridgehead atoms. The molecule has 0 saturated heterocycles. The van der Waals surface area contributed by atoms with Crippen molar-refractivity contribution in [1.29, 1.82) is 0 Å². The third kappa shape index (κ3) is 3.59. The Balaban J connectivity index is 2.07. The van der Waals surface area contributed by atoms with Crippen LogP contribution in [0.4, 0.5) is 0 Å². The fourth-order valence-electron chi connectivity index (χ4n) is 2.15. The standard InChI is InChI=1S/C14H17BrClN3/c1-17-14(6-4-11-7-8-18-19(11)2)10-3-5-13(16)12(15)9-10/h3,5,7-9,14,17H,4,6H2,1-2H3. The van der Waals surface area contributed by atoms with Crippen LogP contribution in [0.15, 0.2) is 34.9 Å². The lowest BCUT2D eigenvalue weighted by atomic mass is 10.0. The molecular formula is C14H17BrClN3. The van der Waals surface area contributed by atoms with Crippen molar-refractivity contribution >= 4 is 27.5 Å². The van der Waals surface area contributed by atoms with Gasteiger partial charge in [0.15, 0.2) is 0 Å². The molecule has 0 spiro atoms. The second-order valence-corrected chi connectivity index (χ2v) is 5.76. The first-order chi connectivity index (χ1) is 9.11. The molecule has 0 aliphatic heterocycles. The number of rotatable bonds is 5. The molecule has 1 aromatic heterocycles. The van der Waals surface area contributed by atoms with Crippen molar-refractivity contribution in [3.05, 3.63) is 51.2 Å². The summed E-state index contributed by atoms with van der Waals surface area (Å²) in [5.41, 5.74) is 2.48. The fraction of sp³-hybridized carbons (Fsp3) is 0.357. The highest BCUT2D eigenvalue weighted by Gasteiger charge is 2.11. The second-order valence-electron chi connectivity index (χ2n) is 4.50. The Labute approximate surface area is 127 Å². The van der Waals surface area contributed by atoms with Gasteiger partial charge in [-0.05, 0) is 59.6 Å². The van der Waals surface area contributed by atoms with Crippen LogP contribution in [0.2, 0.25) is 5.02 Å². The third-order valence-electron chi connectivity index (χ3n) is 3.31. The van der Waals surface area contributed by atoms with Crippen LogP contribution < -0.4 is 5.32 Å². The Hall–Kier alpha value is -0.840. The summed E-state index contributed by atoms with van der Waals surface area (Å²) in [4.78, 5) is 0. The average Bonchev–Trinajstić information content (AvgIpc) is 2.80. The summed E-state index contributed by atoms with van der Waals surface area (Å²) >= 11 is 9.50. The molecule has 2 rings (SSSR count). The first-order valence-corrected chi connectivity index (χ1v) is 7.38. The van der Waals surface area contributed by atoms with Crippen LogP contribution in [0.5, 0.6) is 0 Å². The summed E-state index contributed by atoms with van der Waals surface area (Å²) in [6.07, 6.45) is 3.84. The van der Waals surface area contributed by atoms with Crippen molar-refractivity contribution in [2.75, 3.05) is 7.05 Å². The van der Waals surface area contributed by atoms with Crippen LogP contribution in [0.25, 0.3) is 0 Å². The van der Waals surface area contributed by atoms with E-state index in [0.29, 0.717) is 6.04 Å². The molecule has 102 valence electrons. The summed E-state index contributed by atoms with van der Waals surface area (Å²) in [5, 5.41) is 8.28. The number of hydrogen-bond acceptors (Lipinski definition) is 2. The van der Waals surface area contributed by atoms with Gasteiger partial charge in [0.2, 0.25) is 0 Å². The molecule has 2 aromatic rings. The Morgan fingerprint density at radius 1 is 1.42 bits per heavy atom. The molecule has 0 saturated carbocycles. The van der Waals surface area contributed by atoms with Gasteiger partial charge in [0.05, 0.1) is 5.02 Å². The largest absolute Gasteiger partial charge is 0.313 e. The highest BCUT2D eigenvalue weighted by atomic mass is 79.9. The smallest absolute Gasteiger partial charge is 0.0548 e. The summed E-state index contributed by atoms with van der Waals surface area (Å²) in [6.45, 7) is 0. The van der Waals surface area contributed by atoms with Gasteiger partial charge in [-0.25, -0.2) is 0 Å². The van der Waals surface area contributed by atoms with Crippen molar-refractivity contribution in [3.8, 4) is 0 Å². The minimum Gasteiger partial charge on any atom is -0.313 e. The van der Waals surface area contributed by atoms with Gasteiger partial charge >= 0.3 is 0 Å². The summed E-state index contributed by atoms with van der Waals surface area (Å²) in [6, 6.07) is 8.44. The Morgan fingerprint density at radius 3 is 2.79 bits per heavy atom. The van der Waals surface area contributed by atoms with Crippen LogP contribution in [0, 0.1) is 0 Å². The molecule has 1 N–H and O–H groups in total. The van der Waals surface area contributed by atoms with E-state index in [1.54, 1.807) is 0 Å². The van der Waals surface area contributed by atoms with E-state index in [9.17, 15) is 0 Å². The maximum absolute atomic E-state index is 6.03. The van der Waals surface area contributed by atoms with E-state index in [-0.39, 0.29) is 0 Å². The third-order valence-corrected chi connectivity index (χ3v) is 4.52. The van der Waals surface area contributed by atoms with Crippen LogP contribution in [0.3, 0.4) is 0 Å². The van der Waals surface area contributed by atoms with Crippen molar-refractivity contribution in [2.24, 2.45) is 7.05 Å². The molecule has 1 heterocycles. The summed E-state index contributed by atoms with van der Waals surface area (Å²) in [7, 11) is 3.96. The lowest BCUT2D eigenvalue weighted by molar-refractivity contribution is 0.535. The summed E-state index contributed by atoms with van der Waals surface area (Å²) < 4.78 is 2.86. The zero-order valence-electron chi connectivity index (χ0n) is 11.0. The van der Waals surface area contributed by atoms with E-state index >= 15 is 0 Å². The van der Waals surface area contributed by atoms with E-state index < -0.39 is 0 Å². The van der Waals surface area contributed by atoms with E-state index in [0.717, 1.165) is 22.3 Å². The van der Waals surface area contributed by atoms with Gasteiger partial charge in [-0.3, -0.25) is 4.68 Å². The first-order valence-electron chi connectivity index (χ1n) is 6.21. The van der Waals surface area contributed by atoms with Gasteiger partial charge in [-0.2, -0.15) is 5.10 Å². The Kier molecular flexibility index (Phi) is 5.02. The van der Waals surface area contributed by atoms with Crippen molar-refractivity contribution in [3.63, 3.8) is 0 Å². The van der Waals surface area contributed by atoms with E-state index in [1.165, 1.54) is 11.3 Å². The van der Waals surface area contributed by atoms with Gasteiger partial charge < -0.3 is 5.32 Å². The predicted octanol–water partition coefficient (Wildman–Crippen LogP) is 3.73. The number of benzene rings is 1. The van der Waals surface area contributed by atoms with Gasteiger partial charge in [-0.1, -0.05) is 17.7 Å². The molecule has 0 amide bonds. The quantitative estimate of drug-likeness (QED) is 0.897. The molecule has 0 fully saturated rings. The molecule has 19 heavy (non-hydrogen) atoms. The van der Waals surface area contributed by atoms with Crippen LogP contribution >= 0.6 is 27.5 Å². The molecule has 1 unspecified atom stereocenters. The minimum atomic E-state index is 0.309. The first kappa shape index (κ1) is 14.6. The number of aromatic nitrogens is 2. The molecule has 3 nitrogen and oxygen atoms in total. The maximum Gasteiger partial charge on any atom is 0.0548 e. The SMILES string of the molecule is CNC(CCc1ccnn1C)c1ccc(Cl)c(Br)c1. The zero-order chi connectivity index (χ0) is 13.8. The average molecular weight is 343 g/mol. The summed E-state index contributed by atoms with van der Waals surface area (Å²) in [5.74, 6) is 0. The van der Waals surface area contributed by atoms with E-state index in [1.807, 2.05) is 31.0 Å². The lowest BCUT2D eigenvalue weighted by Crippen LogP contribution is -2.17. The Morgan fingerprint density at radius 2 is 2.21 bits per heavy atom. The Bertz CT molecular complexity index is 553. The molecule has 0 aliphatic carbocycles. The van der Waals surface area contributed by atoms with Crippen molar-refractivity contribution in [1.82, 2.24) is 15.1 Å². The number of nitrogens with zero attached hydrogens (tertiary/aromatic N) is 2. The number of halogens is 2. The normalized spacial score (nSPS) is 12.6. The van der Waals surface area contributed by atoms with Crippen LogP contribution in [-0.4, -0.2) is 16.8 Å². The van der Waals surface area contributed by atoms with Crippen molar-refractivity contribution < 1.29 is 0 Å². The van der Waals surface area contributed by atoms with Gasteiger partial charge in [0, 0.05) is 29.5 Å². The lowest BCUT2D eigenvalue weighted by Gasteiger charge is -2.17. The van der Waals surface area contributed by atoms with Gasteiger partial charge in [0.25, 0.3) is 0 Å². The number of hydrogen-bond donors (Lipinski definition) is 1. The van der Waals surface area contributed by atoms with Crippen molar-refractivity contribution in [2.45, 2.75) is 18.9 Å². The monoisotopic (exact) mass is 341 g/mol. The zero-order valence-corrected chi connectivity index (χ0v) is 13.4. The van der Waals surface area contributed by atoms with Crippen LogP contribution in [-0.2, 0) is 13.5 Å². The van der Waals surface area contributed by atoms with Crippen LogP contribution in [0.1, 0.15) is 23.7 Å². The van der Waals surface area contributed by atoms with Gasteiger partial charge in [-0.15, -0.1) is 0 Å². The molecule has 0 aliphatic rings.